The minimum Gasteiger partial charge on any atom is -0.477 e. The third kappa shape index (κ3) is 4.00. The Bertz CT molecular complexity index is 1410. The second kappa shape index (κ2) is 9.03. The standard InChI is InChI=1S/C21H19N7O5S2/c1-33-25-14(12-10-35-21(22)23-12)17(29)24-15-18(30)28-16(20(31)32)11(9-34-19(15)28)8-27-7-6-26-5-3-2-4-13(26)27/h2-7,10,15,19H,8-9H2,1H3,(H3-,22,23,24,29,31,32)/p+1/b25-14-/t15-,19+/m1/s1. The van der Waals surface area contributed by atoms with Gasteiger partial charge in [0, 0.05) is 22.8 Å². The third-order valence-electron chi connectivity index (χ3n) is 5.63. The lowest BCUT2D eigenvalue weighted by Gasteiger charge is -2.49. The van der Waals surface area contributed by atoms with E-state index in [-0.39, 0.29) is 22.2 Å². The summed E-state index contributed by atoms with van der Waals surface area (Å²) in [5, 5.41) is 17.6. The van der Waals surface area contributed by atoms with E-state index in [1.807, 2.05) is 45.8 Å². The van der Waals surface area contributed by atoms with Gasteiger partial charge in [0.1, 0.15) is 48.9 Å². The van der Waals surface area contributed by atoms with Crippen LogP contribution in [0.3, 0.4) is 0 Å². The molecule has 1 fully saturated rings. The number of aliphatic carboxylic acids is 1. The fourth-order valence-electron chi connectivity index (χ4n) is 4.09. The van der Waals surface area contributed by atoms with E-state index in [4.69, 9.17) is 10.6 Å². The van der Waals surface area contributed by atoms with E-state index in [1.54, 1.807) is 5.38 Å². The van der Waals surface area contributed by atoms with Crippen LogP contribution in [0.1, 0.15) is 5.69 Å². The summed E-state index contributed by atoms with van der Waals surface area (Å²) in [4.78, 5) is 48.1. The monoisotopic (exact) mass is 514 g/mol. The minimum atomic E-state index is -1.19. The van der Waals surface area contributed by atoms with Crippen molar-refractivity contribution in [2.75, 3.05) is 18.6 Å². The molecule has 5 heterocycles. The van der Waals surface area contributed by atoms with Crippen LogP contribution in [0.4, 0.5) is 5.13 Å². The van der Waals surface area contributed by atoms with Gasteiger partial charge in [-0.3, -0.25) is 14.5 Å². The molecular weight excluding hydrogens is 494 g/mol. The summed E-state index contributed by atoms with van der Waals surface area (Å²) in [7, 11) is 1.29. The van der Waals surface area contributed by atoms with Crippen LogP contribution in [0.5, 0.6) is 0 Å². The van der Waals surface area contributed by atoms with Gasteiger partial charge < -0.3 is 21.0 Å². The lowest BCUT2D eigenvalue weighted by molar-refractivity contribution is -0.662. The maximum absolute atomic E-state index is 13.0. The summed E-state index contributed by atoms with van der Waals surface area (Å²) >= 11 is 2.53. The Balaban J connectivity index is 1.37. The third-order valence-corrected chi connectivity index (χ3v) is 7.64. The highest BCUT2D eigenvalue weighted by Crippen LogP contribution is 2.40. The number of rotatable bonds is 7. The van der Waals surface area contributed by atoms with Crippen molar-refractivity contribution in [3.8, 4) is 0 Å². The zero-order chi connectivity index (χ0) is 24.7. The second-order valence-corrected chi connectivity index (χ2v) is 9.70. The van der Waals surface area contributed by atoms with Crippen molar-refractivity contribution >= 4 is 57.4 Å². The first-order valence-electron chi connectivity index (χ1n) is 10.4. The molecule has 14 heteroatoms. The number of carboxylic acids is 1. The number of imidazole rings is 1. The predicted octanol–water partition coefficient (Wildman–Crippen LogP) is 0.0548. The maximum atomic E-state index is 13.0. The number of nitrogen functional groups attached to an aromatic ring is 1. The van der Waals surface area contributed by atoms with Crippen LogP contribution in [0.25, 0.3) is 5.65 Å². The van der Waals surface area contributed by atoms with Gasteiger partial charge in [-0.15, -0.1) is 23.1 Å². The molecule has 4 N–H and O–H groups in total. The fourth-order valence-corrected chi connectivity index (χ4v) is 5.97. The van der Waals surface area contributed by atoms with Crippen molar-refractivity contribution in [3.63, 3.8) is 0 Å². The highest BCUT2D eigenvalue weighted by Gasteiger charge is 2.54. The van der Waals surface area contributed by atoms with Crippen LogP contribution in [-0.4, -0.2) is 67.2 Å². The van der Waals surface area contributed by atoms with E-state index in [1.165, 1.54) is 23.8 Å². The Morgan fingerprint density at radius 1 is 1.40 bits per heavy atom. The van der Waals surface area contributed by atoms with Crippen LogP contribution in [-0.2, 0) is 25.8 Å². The minimum absolute atomic E-state index is 0.0508. The molecule has 2 aliphatic rings. The van der Waals surface area contributed by atoms with Crippen molar-refractivity contribution in [3.05, 3.63) is 59.1 Å². The van der Waals surface area contributed by atoms with Crippen LogP contribution in [0.2, 0.25) is 0 Å². The van der Waals surface area contributed by atoms with Crippen LogP contribution >= 0.6 is 23.1 Å². The van der Waals surface area contributed by atoms with Gasteiger partial charge in [-0.1, -0.05) is 11.2 Å². The molecule has 0 aliphatic carbocycles. The highest BCUT2D eigenvalue weighted by molar-refractivity contribution is 8.00. The number of nitrogens with one attached hydrogen (secondary N) is 1. The quantitative estimate of drug-likeness (QED) is 0.173. The summed E-state index contributed by atoms with van der Waals surface area (Å²) in [6.07, 6.45) is 5.64. The first-order valence-corrected chi connectivity index (χ1v) is 12.3. The zero-order valence-electron chi connectivity index (χ0n) is 18.3. The zero-order valence-corrected chi connectivity index (χ0v) is 20.0. The van der Waals surface area contributed by atoms with E-state index in [0.717, 1.165) is 17.0 Å². The lowest BCUT2D eigenvalue weighted by atomic mass is 10.0. The highest BCUT2D eigenvalue weighted by atomic mass is 32.2. The van der Waals surface area contributed by atoms with Gasteiger partial charge in [-0.05, 0) is 6.07 Å². The Hall–Kier alpha value is -3.91. The molecule has 0 spiro atoms. The van der Waals surface area contributed by atoms with Gasteiger partial charge in [0.2, 0.25) is 0 Å². The van der Waals surface area contributed by atoms with Crippen molar-refractivity contribution in [1.82, 2.24) is 19.6 Å². The molecule has 35 heavy (non-hydrogen) atoms. The fraction of sp³-hybridized carbons (Fsp3) is 0.238. The molecule has 0 radical (unpaired) electrons. The number of β-lactam (4-membered cyclic amide) rings is 1. The summed E-state index contributed by atoms with van der Waals surface area (Å²) in [5.41, 5.74) is 7.19. The summed E-state index contributed by atoms with van der Waals surface area (Å²) in [6.45, 7) is 0.318. The number of nitrogens with two attached hydrogens (primary N) is 1. The van der Waals surface area contributed by atoms with Gasteiger partial charge in [0.25, 0.3) is 17.5 Å². The lowest BCUT2D eigenvalue weighted by Crippen LogP contribution is -2.71. The normalized spacial score (nSPS) is 20.0. The summed E-state index contributed by atoms with van der Waals surface area (Å²) in [5.74, 6) is -1.97. The van der Waals surface area contributed by atoms with Crippen molar-refractivity contribution in [2.24, 2.45) is 5.16 Å². The molecule has 2 amide bonds. The van der Waals surface area contributed by atoms with Crippen molar-refractivity contribution < 1.29 is 28.9 Å². The smallest absolute Gasteiger partial charge is 0.352 e. The maximum Gasteiger partial charge on any atom is 0.352 e. The number of oxime groups is 1. The van der Waals surface area contributed by atoms with E-state index < -0.39 is 29.2 Å². The number of hydrogen-bond donors (Lipinski definition) is 3. The number of hydrogen-bond acceptors (Lipinski definition) is 9. The first-order chi connectivity index (χ1) is 16.9. The molecule has 3 aromatic heterocycles. The second-order valence-electron chi connectivity index (χ2n) is 7.70. The number of nitrogens with zero attached hydrogens (tertiary/aromatic N) is 5. The average Bonchev–Trinajstić information content (AvgIpc) is 3.46. The number of carbonyl (C=O) groups excluding carboxylic acids is 2. The van der Waals surface area contributed by atoms with Gasteiger partial charge in [0.15, 0.2) is 10.8 Å². The van der Waals surface area contributed by atoms with Crippen molar-refractivity contribution in [2.45, 2.75) is 18.0 Å². The predicted molar refractivity (Wildman–Crippen MR) is 127 cm³/mol. The Kier molecular flexibility index (Phi) is 5.90. The SMILES string of the molecule is CO/N=C(\C(=O)N[C@@H]1C(=O)N2C(C(=O)O)=C(C[n+]3ccn4ccccc43)CS[C@@H]12)c1csc(N)n1. The number of aromatic nitrogens is 3. The Morgan fingerprint density at radius 3 is 2.94 bits per heavy atom. The van der Waals surface area contributed by atoms with E-state index in [9.17, 15) is 19.5 Å². The van der Waals surface area contributed by atoms with Gasteiger partial charge >= 0.3 is 5.97 Å². The molecule has 12 nitrogen and oxygen atoms in total. The number of thiazole rings is 1. The van der Waals surface area contributed by atoms with Crippen LogP contribution in [0, 0.1) is 0 Å². The number of anilines is 1. The van der Waals surface area contributed by atoms with Gasteiger partial charge in [-0.25, -0.2) is 18.7 Å². The molecule has 1 saturated heterocycles. The Labute approximate surface area is 206 Å². The Morgan fingerprint density at radius 2 is 2.23 bits per heavy atom. The van der Waals surface area contributed by atoms with Gasteiger partial charge in [-0.2, -0.15) is 0 Å². The molecule has 0 aromatic carbocycles. The number of fused-ring (bicyclic) bond motifs is 2. The number of amides is 2. The molecule has 0 saturated carbocycles. The molecule has 2 atom stereocenters. The molecule has 0 bridgehead atoms. The van der Waals surface area contributed by atoms with E-state index in [2.05, 4.69) is 15.5 Å². The topological polar surface area (TPSA) is 156 Å². The number of pyridine rings is 1. The number of thioether (sulfide) groups is 1. The number of carboxylic acid groups (broad SMARTS) is 1. The molecular formula is C21H20N7O5S2+. The largest absolute Gasteiger partial charge is 0.477 e. The first kappa shape index (κ1) is 22.9. The average molecular weight is 515 g/mol. The summed E-state index contributed by atoms with van der Waals surface area (Å²) in [6, 6.07) is 4.82. The summed E-state index contributed by atoms with van der Waals surface area (Å²) < 4.78 is 3.85. The number of carbonyl (C=O) groups is 3. The van der Waals surface area contributed by atoms with Gasteiger partial charge in [0.05, 0.1) is 6.20 Å². The van der Waals surface area contributed by atoms with E-state index in [0.29, 0.717) is 17.9 Å². The molecule has 5 rings (SSSR count). The van der Waals surface area contributed by atoms with E-state index >= 15 is 0 Å². The van der Waals surface area contributed by atoms with Crippen LogP contribution in [0.15, 0.2) is 58.6 Å². The molecule has 2 aliphatic heterocycles. The molecule has 0 unspecified atom stereocenters. The van der Waals surface area contributed by atoms with Crippen molar-refractivity contribution in [1.29, 1.82) is 0 Å². The molecule has 3 aromatic rings. The molecule has 180 valence electrons. The van der Waals surface area contributed by atoms with Crippen LogP contribution < -0.4 is 15.6 Å².